The molecule has 0 aliphatic carbocycles. The molecular weight excluding hydrogens is 246 g/mol. The molecule has 0 saturated carbocycles. The summed E-state index contributed by atoms with van der Waals surface area (Å²) in [5.41, 5.74) is 0.682. The van der Waals surface area contributed by atoms with E-state index < -0.39 is 0 Å². The summed E-state index contributed by atoms with van der Waals surface area (Å²) in [7, 11) is 0. The molecule has 0 spiro atoms. The lowest BCUT2D eigenvalue weighted by atomic mass is 10.2. The van der Waals surface area contributed by atoms with Crippen molar-refractivity contribution in [2.75, 3.05) is 38.5 Å². The molecule has 1 fully saturated rings. The minimum atomic E-state index is 0.0944. The first kappa shape index (κ1) is 13.4. The molecule has 0 bridgehead atoms. The van der Waals surface area contributed by atoms with Gasteiger partial charge in [-0.15, -0.1) is 0 Å². The first-order chi connectivity index (χ1) is 8.81. The molecule has 2 heterocycles. The van der Waals surface area contributed by atoms with Crippen LogP contribution in [0.3, 0.4) is 0 Å². The summed E-state index contributed by atoms with van der Waals surface area (Å²) in [6.45, 7) is 4.61. The minimum absolute atomic E-state index is 0.0944. The first-order valence-electron chi connectivity index (χ1n) is 6.34. The fourth-order valence-electron chi connectivity index (χ4n) is 2.14. The van der Waals surface area contributed by atoms with Crippen LogP contribution in [-0.2, 0) is 0 Å². The molecule has 1 amide bonds. The predicted octanol–water partition coefficient (Wildman–Crippen LogP) is 1.16. The Morgan fingerprint density at radius 2 is 2.11 bits per heavy atom. The number of aromatic nitrogens is 1. The van der Waals surface area contributed by atoms with E-state index in [1.807, 2.05) is 11.0 Å². The number of hydrogen-bond acceptors (Lipinski definition) is 4. The standard InChI is InChI=1S/C13H19N3OS/c17-13(12-3-1-4-14-11-12)16-8-6-15(7-9-16)5-2-10-18/h1,3-4,11,18H,2,5-10H2. The topological polar surface area (TPSA) is 36.4 Å². The number of amides is 1. The Morgan fingerprint density at radius 3 is 2.72 bits per heavy atom. The van der Waals surface area contributed by atoms with Gasteiger partial charge < -0.3 is 4.90 Å². The van der Waals surface area contributed by atoms with Crippen molar-refractivity contribution < 1.29 is 4.79 Å². The molecular formula is C13H19N3OS. The van der Waals surface area contributed by atoms with Crippen molar-refractivity contribution in [3.8, 4) is 0 Å². The molecule has 1 aromatic rings. The van der Waals surface area contributed by atoms with E-state index in [0.29, 0.717) is 5.56 Å². The Kier molecular flexibility index (Phi) is 5.01. The van der Waals surface area contributed by atoms with Gasteiger partial charge in [0.05, 0.1) is 5.56 Å². The molecule has 0 radical (unpaired) electrons. The molecule has 1 saturated heterocycles. The van der Waals surface area contributed by atoms with E-state index >= 15 is 0 Å². The van der Waals surface area contributed by atoms with Crippen LogP contribution in [0.2, 0.25) is 0 Å². The van der Waals surface area contributed by atoms with E-state index in [-0.39, 0.29) is 5.91 Å². The Morgan fingerprint density at radius 1 is 1.33 bits per heavy atom. The number of carbonyl (C=O) groups excluding carboxylic acids is 1. The highest BCUT2D eigenvalue weighted by Gasteiger charge is 2.21. The highest BCUT2D eigenvalue weighted by molar-refractivity contribution is 7.80. The fraction of sp³-hybridized carbons (Fsp3) is 0.538. The Hall–Kier alpha value is -1.07. The van der Waals surface area contributed by atoms with Crippen LogP contribution in [0.5, 0.6) is 0 Å². The van der Waals surface area contributed by atoms with Crippen molar-refractivity contribution in [2.45, 2.75) is 6.42 Å². The van der Waals surface area contributed by atoms with Crippen molar-refractivity contribution >= 4 is 18.5 Å². The van der Waals surface area contributed by atoms with E-state index in [2.05, 4.69) is 22.5 Å². The average molecular weight is 265 g/mol. The van der Waals surface area contributed by atoms with Crippen molar-refractivity contribution in [3.05, 3.63) is 30.1 Å². The second-order valence-corrected chi connectivity index (χ2v) is 4.90. The fourth-order valence-corrected chi connectivity index (χ4v) is 2.28. The quantitative estimate of drug-likeness (QED) is 0.830. The number of rotatable bonds is 4. The van der Waals surface area contributed by atoms with Gasteiger partial charge in [-0.25, -0.2) is 0 Å². The van der Waals surface area contributed by atoms with Crippen molar-refractivity contribution in [1.82, 2.24) is 14.8 Å². The molecule has 0 unspecified atom stereocenters. The third kappa shape index (κ3) is 3.46. The second kappa shape index (κ2) is 6.75. The molecule has 1 aliphatic rings. The summed E-state index contributed by atoms with van der Waals surface area (Å²) < 4.78 is 0. The van der Waals surface area contributed by atoms with Crippen LogP contribution in [0.15, 0.2) is 24.5 Å². The maximum atomic E-state index is 12.2. The molecule has 18 heavy (non-hydrogen) atoms. The van der Waals surface area contributed by atoms with Crippen LogP contribution in [-0.4, -0.2) is 59.2 Å². The van der Waals surface area contributed by atoms with Crippen molar-refractivity contribution in [3.63, 3.8) is 0 Å². The highest BCUT2D eigenvalue weighted by Crippen LogP contribution is 2.08. The molecule has 0 aromatic carbocycles. The van der Waals surface area contributed by atoms with E-state index in [0.717, 1.165) is 44.9 Å². The zero-order valence-corrected chi connectivity index (χ0v) is 11.4. The van der Waals surface area contributed by atoms with Gasteiger partial charge in [0.15, 0.2) is 0 Å². The largest absolute Gasteiger partial charge is 0.336 e. The van der Waals surface area contributed by atoms with E-state index in [9.17, 15) is 4.79 Å². The maximum Gasteiger partial charge on any atom is 0.255 e. The molecule has 98 valence electrons. The van der Waals surface area contributed by atoms with Gasteiger partial charge in [0, 0.05) is 38.6 Å². The normalized spacial score (nSPS) is 16.8. The van der Waals surface area contributed by atoms with Crippen LogP contribution in [0.1, 0.15) is 16.8 Å². The molecule has 2 rings (SSSR count). The third-order valence-corrected chi connectivity index (χ3v) is 3.52. The van der Waals surface area contributed by atoms with Crippen LogP contribution in [0.4, 0.5) is 0 Å². The number of hydrogen-bond donors (Lipinski definition) is 1. The summed E-state index contributed by atoms with van der Waals surface area (Å²) in [6.07, 6.45) is 4.43. The third-order valence-electron chi connectivity index (χ3n) is 3.20. The Labute approximate surface area is 113 Å². The molecule has 5 heteroatoms. The second-order valence-electron chi connectivity index (χ2n) is 4.45. The van der Waals surface area contributed by atoms with Gasteiger partial charge in [0.25, 0.3) is 5.91 Å². The van der Waals surface area contributed by atoms with Gasteiger partial charge in [-0.1, -0.05) is 0 Å². The van der Waals surface area contributed by atoms with Crippen LogP contribution >= 0.6 is 12.6 Å². The molecule has 4 nitrogen and oxygen atoms in total. The lowest BCUT2D eigenvalue weighted by Crippen LogP contribution is -2.48. The summed E-state index contributed by atoms with van der Waals surface area (Å²) in [5.74, 6) is 1.02. The lowest BCUT2D eigenvalue weighted by molar-refractivity contribution is 0.0637. The van der Waals surface area contributed by atoms with Gasteiger partial charge in [-0.05, 0) is 30.9 Å². The Bertz CT molecular complexity index is 377. The van der Waals surface area contributed by atoms with Gasteiger partial charge in [0.2, 0.25) is 0 Å². The van der Waals surface area contributed by atoms with Crippen LogP contribution in [0, 0.1) is 0 Å². The van der Waals surface area contributed by atoms with E-state index in [1.54, 1.807) is 18.5 Å². The first-order valence-corrected chi connectivity index (χ1v) is 6.97. The van der Waals surface area contributed by atoms with Gasteiger partial charge in [-0.2, -0.15) is 12.6 Å². The van der Waals surface area contributed by atoms with Gasteiger partial charge >= 0.3 is 0 Å². The maximum absolute atomic E-state index is 12.2. The number of carbonyl (C=O) groups is 1. The summed E-state index contributed by atoms with van der Waals surface area (Å²) >= 11 is 4.22. The predicted molar refractivity (Wildman–Crippen MR) is 75.1 cm³/mol. The van der Waals surface area contributed by atoms with E-state index in [1.165, 1.54) is 0 Å². The molecule has 0 atom stereocenters. The SMILES string of the molecule is O=C(c1cccnc1)N1CCN(CCCS)CC1. The van der Waals surface area contributed by atoms with Gasteiger partial charge in [0.1, 0.15) is 0 Å². The highest BCUT2D eigenvalue weighted by atomic mass is 32.1. The van der Waals surface area contributed by atoms with E-state index in [4.69, 9.17) is 0 Å². The summed E-state index contributed by atoms with van der Waals surface area (Å²) in [5, 5.41) is 0. The van der Waals surface area contributed by atoms with Crippen molar-refractivity contribution in [1.29, 1.82) is 0 Å². The Balaban J connectivity index is 1.84. The van der Waals surface area contributed by atoms with Gasteiger partial charge in [-0.3, -0.25) is 14.7 Å². The molecule has 1 aliphatic heterocycles. The number of nitrogens with zero attached hydrogens (tertiary/aromatic N) is 3. The minimum Gasteiger partial charge on any atom is -0.336 e. The monoisotopic (exact) mass is 265 g/mol. The van der Waals surface area contributed by atoms with Crippen molar-refractivity contribution in [2.24, 2.45) is 0 Å². The summed E-state index contributed by atoms with van der Waals surface area (Å²) in [6, 6.07) is 3.62. The summed E-state index contributed by atoms with van der Waals surface area (Å²) in [4.78, 5) is 20.5. The average Bonchev–Trinajstić information content (AvgIpc) is 2.46. The smallest absolute Gasteiger partial charge is 0.255 e. The lowest BCUT2D eigenvalue weighted by Gasteiger charge is -2.34. The zero-order chi connectivity index (χ0) is 12.8. The number of piperazine rings is 1. The number of thiol groups is 1. The van der Waals surface area contributed by atoms with Crippen LogP contribution in [0.25, 0.3) is 0 Å². The van der Waals surface area contributed by atoms with Crippen LogP contribution < -0.4 is 0 Å². The molecule has 0 N–H and O–H groups in total. The molecule has 1 aromatic heterocycles. The number of pyridine rings is 1. The zero-order valence-electron chi connectivity index (χ0n) is 10.5.